The molecule has 1 fully saturated rings. The highest BCUT2D eigenvalue weighted by atomic mass is 79.9. The molecule has 4 heteroatoms. The number of rotatable bonds is 3. The number of anilines is 1. The standard InChI is InChI=1S/C14H17BrN2O/c1-2-18-13-5-7-17(8-6-13)12-4-3-11(10-16)14(15)9-12/h3-4,9,13H,2,5-8H2,1H3. The Morgan fingerprint density at radius 1 is 1.44 bits per heavy atom. The van der Waals surface area contributed by atoms with Crippen LogP contribution in [0.3, 0.4) is 0 Å². The topological polar surface area (TPSA) is 36.3 Å². The third kappa shape index (κ3) is 3.04. The highest BCUT2D eigenvalue weighted by Crippen LogP contribution is 2.26. The van der Waals surface area contributed by atoms with Crippen LogP contribution in [0.5, 0.6) is 0 Å². The van der Waals surface area contributed by atoms with Crippen LogP contribution in [0.1, 0.15) is 25.3 Å². The van der Waals surface area contributed by atoms with Gasteiger partial charge in [0.1, 0.15) is 6.07 Å². The zero-order valence-electron chi connectivity index (χ0n) is 10.5. The van der Waals surface area contributed by atoms with E-state index in [1.165, 1.54) is 5.69 Å². The maximum absolute atomic E-state index is 8.90. The van der Waals surface area contributed by atoms with Crippen molar-refractivity contribution in [3.05, 3.63) is 28.2 Å². The number of nitrogens with zero attached hydrogens (tertiary/aromatic N) is 2. The zero-order valence-corrected chi connectivity index (χ0v) is 12.1. The van der Waals surface area contributed by atoms with Crippen LogP contribution in [0.25, 0.3) is 0 Å². The first-order chi connectivity index (χ1) is 8.74. The summed E-state index contributed by atoms with van der Waals surface area (Å²) in [5, 5.41) is 8.90. The Balaban J connectivity index is 2.02. The van der Waals surface area contributed by atoms with Crippen molar-refractivity contribution in [2.24, 2.45) is 0 Å². The summed E-state index contributed by atoms with van der Waals surface area (Å²) >= 11 is 3.44. The summed E-state index contributed by atoms with van der Waals surface area (Å²) in [7, 11) is 0. The Hall–Kier alpha value is -1.05. The summed E-state index contributed by atoms with van der Waals surface area (Å²) in [6.45, 7) is 4.88. The third-order valence-electron chi connectivity index (χ3n) is 3.28. The fourth-order valence-electron chi connectivity index (χ4n) is 2.31. The Kier molecular flexibility index (Phi) is 4.62. The Morgan fingerprint density at radius 2 is 2.17 bits per heavy atom. The van der Waals surface area contributed by atoms with Crippen LogP contribution in [0.4, 0.5) is 5.69 Å². The predicted molar refractivity (Wildman–Crippen MR) is 75.7 cm³/mol. The van der Waals surface area contributed by atoms with Gasteiger partial charge >= 0.3 is 0 Å². The van der Waals surface area contributed by atoms with E-state index in [4.69, 9.17) is 10.00 Å². The molecule has 0 spiro atoms. The van der Waals surface area contributed by atoms with Crippen LogP contribution in [-0.4, -0.2) is 25.8 Å². The van der Waals surface area contributed by atoms with Crippen LogP contribution in [0.15, 0.2) is 22.7 Å². The van der Waals surface area contributed by atoms with E-state index >= 15 is 0 Å². The molecule has 1 aliphatic rings. The average Bonchev–Trinajstić information content (AvgIpc) is 2.40. The van der Waals surface area contributed by atoms with Crippen molar-refractivity contribution in [2.45, 2.75) is 25.9 Å². The van der Waals surface area contributed by atoms with Crippen LogP contribution in [0, 0.1) is 11.3 Å². The predicted octanol–water partition coefficient (Wildman–Crippen LogP) is 3.33. The van der Waals surface area contributed by atoms with Gasteiger partial charge in [-0.25, -0.2) is 0 Å². The Labute approximate surface area is 116 Å². The quantitative estimate of drug-likeness (QED) is 0.859. The molecule has 18 heavy (non-hydrogen) atoms. The molecule has 2 rings (SSSR count). The number of halogens is 1. The summed E-state index contributed by atoms with van der Waals surface area (Å²) in [5.74, 6) is 0. The summed E-state index contributed by atoms with van der Waals surface area (Å²) in [5.41, 5.74) is 1.86. The lowest BCUT2D eigenvalue weighted by Crippen LogP contribution is -2.37. The van der Waals surface area contributed by atoms with Crippen LogP contribution in [-0.2, 0) is 4.74 Å². The van der Waals surface area contributed by atoms with Gasteiger partial charge < -0.3 is 9.64 Å². The lowest BCUT2D eigenvalue weighted by Gasteiger charge is -2.33. The first-order valence-electron chi connectivity index (χ1n) is 6.30. The van der Waals surface area contributed by atoms with Gasteiger partial charge in [-0.05, 0) is 53.9 Å². The number of piperidine rings is 1. The number of ether oxygens (including phenoxy) is 1. The molecule has 0 aliphatic carbocycles. The second-order valence-corrected chi connectivity index (χ2v) is 5.27. The first-order valence-corrected chi connectivity index (χ1v) is 7.10. The van der Waals surface area contributed by atoms with Gasteiger partial charge in [-0.3, -0.25) is 0 Å². The molecule has 0 saturated carbocycles. The van der Waals surface area contributed by atoms with E-state index in [0.717, 1.165) is 37.0 Å². The fourth-order valence-corrected chi connectivity index (χ4v) is 2.76. The van der Waals surface area contributed by atoms with Gasteiger partial charge in [0.25, 0.3) is 0 Å². The van der Waals surface area contributed by atoms with E-state index in [1.54, 1.807) is 0 Å². The Morgan fingerprint density at radius 3 is 2.72 bits per heavy atom. The maximum Gasteiger partial charge on any atom is 0.100 e. The normalized spacial score (nSPS) is 16.6. The van der Waals surface area contributed by atoms with Crippen LogP contribution in [0.2, 0.25) is 0 Å². The van der Waals surface area contributed by atoms with Crippen molar-refractivity contribution >= 4 is 21.6 Å². The monoisotopic (exact) mass is 308 g/mol. The molecular weight excluding hydrogens is 292 g/mol. The summed E-state index contributed by atoms with van der Waals surface area (Å²) < 4.78 is 6.52. The molecule has 1 aromatic carbocycles. The molecule has 1 aliphatic heterocycles. The molecule has 1 aromatic rings. The molecule has 0 bridgehead atoms. The van der Waals surface area contributed by atoms with Crippen LogP contribution < -0.4 is 4.90 Å². The van der Waals surface area contributed by atoms with Crippen molar-refractivity contribution < 1.29 is 4.74 Å². The first kappa shape index (κ1) is 13.4. The van der Waals surface area contributed by atoms with Crippen molar-refractivity contribution in [1.29, 1.82) is 5.26 Å². The van der Waals surface area contributed by atoms with Crippen molar-refractivity contribution in [3.63, 3.8) is 0 Å². The number of nitriles is 1. The highest BCUT2D eigenvalue weighted by Gasteiger charge is 2.19. The molecule has 3 nitrogen and oxygen atoms in total. The number of hydrogen-bond donors (Lipinski definition) is 0. The lowest BCUT2D eigenvalue weighted by atomic mass is 10.1. The SMILES string of the molecule is CCOC1CCN(c2ccc(C#N)c(Br)c2)CC1. The van der Waals surface area contributed by atoms with E-state index in [0.29, 0.717) is 11.7 Å². The van der Waals surface area contributed by atoms with E-state index in [2.05, 4.69) is 26.9 Å². The van der Waals surface area contributed by atoms with E-state index in [1.807, 2.05) is 25.1 Å². The number of benzene rings is 1. The average molecular weight is 309 g/mol. The van der Waals surface area contributed by atoms with Crippen molar-refractivity contribution in [1.82, 2.24) is 0 Å². The molecule has 0 amide bonds. The molecule has 96 valence electrons. The van der Waals surface area contributed by atoms with Gasteiger partial charge in [-0.2, -0.15) is 5.26 Å². The minimum absolute atomic E-state index is 0.410. The third-order valence-corrected chi connectivity index (χ3v) is 3.94. The largest absolute Gasteiger partial charge is 0.378 e. The van der Waals surface area contributed by atoms with Gasteiger partial charge in [0.05, 0.1) is 11.7 Å². The molecule has 0 aromatic heterocycles. The van der Waals surface area contributed by atoms with Gasteiger partial charge in [0.2, 0.25) is 0 Å². The van der Waals surface area contributed by atoms with Crippen molar-refractivity contribution in [2.75, 3.05) is 24.6 Å². The zero-order chi connectivity index (χ0) is 13.0. The highest BCUT2D eigenvalue weighted by molar-refractivity contribution is 9.10. The summed E-state index contributed by atoms with van der Waals surface area (Å²) in [4.78, 5) is 2.35. The molecule has 1 saturated heterocycles. The van der Waals surface area contributed by atoms with Gasteiger partial charge in [-0.1, -0.05) is 0 Å². The van der Waals surface area contributed by atoms with E-state index in [-0.39, 0.29) is 0 Å². The Bertz CT molecular complexity index is 448. The van der Waals surface area contributed by atoms with Gasteiger partial charge in [0.15, 0.2) is 0 Å². The molecular formula is C14H17BrN2O. The molecule has 0 atom stereocenters. The summed E-state index contributed by atoms with van der Waals surface area (Å²) in [6, 6.07) is 8.08. The minimum Gasteiger partial charge on any atom is -0.378 e. The summed E-state index contributed by atoms with van der Waals surface area (Å²) in [6.07, 6.45) is 2.56. The fraction of sp³-hybridized carbons (Fsp3) is 0.500. The van der Waals surface area contributed by atoms with Gasteiger partial charge in [0, 0.05) is 29.9 Å². The molecule has 1 heterocycles. The maximum atomic E-state index is 8.90. The molecule has 0 radical (unpaired) electrons. The minimum atomic E-state index is 0.410. The van der Waals surface area contributed by atoms with Crippen LogP contribution >= 0.6 is 15.9 Å². The van der Waals surface area contributed by atoms with Gasteiger partial charge in [-0.15, -0.1) is 0 Å². The second-order valence-electron chi connectivity index (χ2n) is 4.42. The van der Waals surface area contributed by atoms with E-state index < -0.39 is 0 Å². The second kappa shape index (κ2) is 6.21. The van der Waals surface area contributed by atoms with Crippen molar-refractivity contribution in [3.8, 4) is 6.07 Å². The molecule has 0 unspecified atom stereocenters. The smallest absolute Gasteiger partial charge is 0.100 e. The van der Waals surface area contributed by atoms with E-state index in [9.17, 15) is 0 Å². The lowest BCUT2D eigenvalue weighted by molar-refractivity contribution is 0.0459. The molecule has 0 N–H and O–H groups in total. The number of hydrogen-bond acceptors (Lipinski definition) is 3.